The van der Waals surface area contributed by atoms with Gasteiger partial charge in [-0.05, 0) is 42.3 Å². The maximum Gasteiger partial charge on any atom is 0.238 e. The SMILES string of the molecule is Cc1ccccc1C1SCC(=O)N1c1ccccc1-c1nc2ccccc2[nH]1. The van der Waals surface area contributed by atoms with E-state index in [0.717, 1.165) is 28.1 Å². The van der Waals surface area contributed by atoms with Crippen LogP contribution in [0.15, 0.2) is 72.8 Å². The Hall–Kier alpha value is -3.05. The van der Waals surface area contributed by atoms with Crippen LogP contribution in [0.2, 0.25) is 0 Å². The number of para-hydroxylation sites is 3. The van der Waals surface area contributed by atoms with Crippen molar-refractivity contribution in [1.29, 1.82) is 0 Å². The molecule has 5 rings (SSSR count). The van der Waals surface area contributed by atoms with Crippen LogP contribution in [0, 0.1) is 6.92 Å². The maximum absolute atomic E-state index is 12.9. The number of nitrogens with one attached hydrogen (secondary N) is 1. The number of benzene rings is 3. The number of nitrogens with zero attached hydrogens (tertiary/aromatic N) is 2. The third-order valence-electron chi connectivity index (χ3n) is 5.13. The first-order chi connectivity index (χ1) is 13.7. The van der Waals surface area contributed by atoms with Crippen molar-refractivity contribution in [3.63, 3.8) is 0 Å². The molecule has 1 unspecified atom stereocenters. The number of aromatic nitrogens is 2. The molecule has 0 radical (unpaired) electrons. The summed E-state index contributed by atoms with van der Waals surface area (Å²) in [4.78, 5) is 23.0. The van der Waals surface area contributed by atoms with Gasteiger partial charge in [0.1, 0.15) is 11.2 Å². The molecule has 0 saturated carbocycles. The molecule has 2 heterocycles. The molecule has 1 aliphatic rings. The fraction of sp³-hybridized carbons (Fsp3) is 0.130. The molecule has 4 nitrogen and oxygen atoms in total. The molecule has 1 atom stereocenters. The molecule has 1 amide bonds. The van der Waals surface area contributed by atoms with Crippen LogP contribution < -0.4 is 4.90 Å². The van der Waals surface area contributed by atoms with Crippen molar-refractivity contribution in [3.05, 3.63) is 83.9 Å². The zero-order valence-electron chi connectivity index (χ0n) is 15.4. The first kappa shape index (κ1) is 17.1. The largest absolute Gasteiger partial charge is 0.338 e. The zero-order valence-corrected chi connectivity index (χ0v) is 16.2. The Bertz CT molecular complexity index is 1150. The predicted molar refractivity (Wildman–Crippen MR) is 115 cm³/mol. The molecule has 1 aliphatic heterocycles. The molecule has 0 bridgehead atoms. The van der Waals surface area contributed by atoms with Crippen LogP contribution in [0.25, 0.3) is 22.4 Å². The van der Waals surface area contributed by atoms with Gasteiger partial charge in [0.2, 0.25) is 5.91 Å². The average Bonchev–Trinajstić information content (AvgIpc) is 3.32. The average molecular weight is 385 g/mol. The van der Waals surface area contributed by atoms with Gasteiger partial charge in [0, 0.05) is 5.56 Å². The summed E-state index contributed by atoms with van der Waals surface area (Å²) in [5, 5.41) is -0.0285. The van der Waals surface area contributed by atoms with Gasteiger partial charge < -0.3 is 4.98 Å². The number of amides is 1. The lowest BCUT2D eigenvalue weighted by Gasteiger charge is -2.27. The molecule has 5 heteroatoms. The summed E-state index contributed by atoms with van der Waals surface area (Å²) in [6.45, 7) is 2.10. The van der Waals surface area contributed by atoms with E-state index in [1.165, 1.54) is 11.1 Å². The van der Waals surface area contributed by atoms with Crippen molar-refractivity contribution >= 4 is 34.4 Å². The van der Waals surface area contributed by atoms with Crippen molar-refractivity contribution in [3.8, 4) is 11.4 Å². The summed E-state index contributed by atoms with van der Waals surface area (Å²) in [5.74, 6) is 1.39. The smallest absolute Gasteiger partial charge is 0.238 e. The number of hydrogen-bond donors (Lipinski definition) is 1. The second-order valence-electron chi connectivity index (χ2n) is 6.90. The minimum Gasteiger partial charge on any atom is -0.338 e. The topological polar surface area (TPSA) is 49.0 Å². The highest BCUT2D eigenvalue weighted by Gasteiger charge is 2.36. The van der Waals surface area contributed by atoms with Crippen LogP contribution in [-0.4, -0.2) is 21.6 Å². The van der Waals surface area contributed by atoms with Crippen LogP contribution >= 0.6 is 11.8 Å². The van der Waals surface area contributed by atoms with Gasteiger partial charge in [0.05, 0.1) is 22.5 Å². The van der Waals surface area contributed by atoms with Crippen molar-refractivity contribution in [1.82, 2.24) is 9.97 Å². The predicted octanol–water partition coefficient (Wildman–Crippen LogP) is 5.32. The lowest BCUT2D eigenvalue weighted by atomic mass is 10.1. The monoisotopic (exact) mass is 385 g/mol. The van der Waals surface area contributed by atoms with Gasteiger partial charge in [-0.1, -0.05) is 48.5 Å². The first-order valence-corrected chi connectivity index (χ1v) is 10.3. The summed E-state index contributed by atoms with van der Waals surface area (Å²) in [6, 6.07) is 24.3. The van der Waals surface area contributed by atoms with E-state index in [1.807, 2.05) is 65.6 Å². The molecule has 138 valence electrons. The minimum absolute atomic E-state index is 0.0285. The van der Waals surface area contributed by atoms with Gasteiger partial charge in [0.25, 0.3) is 0 Å². The first-order valence-electron chi connectivity index (χ1n) is 9.26. The van der Waals surface area contributed by atoms with Crippen molar-refractivity contribution < 1.29 is 4.79 Å². The Morgan fingerprint density at radius 3 is 2.61 bits per heavy atom. The van der Waals surface area contributed by atoms with Gasteiger partial charge in [-0.25, -0.2) is 4.98 Å². The Morgan fingerprint density at radius 1 is 1.00 bits per heavy atom. The standard InChI is InChI=1S/C23H19N3OS/c1-15-8-2-3-9-16(15)23-26(21(27)14-28-23)20-13-7-4-10-17(20)22-24-18-11-5-6-12-19(18)25-22/h2-13,23H,14H2,1H3,(H,24,25). The molecule has 28 heavy (non-hydrogen) atoms. The number of rotatable bonds is 3. The molecular formula is C23H19N3OS. The lowest BCUT2D eigenvalue weighted by molar-refractivity contribution is -0.115. The van der Waals surface area contributed by atoms with Crippen molar-refractivity contribution in [2.75, 3.05) is 10.7 Å². The summed E-state index contributed by atoms with van der Waals surface area (Å²) >= 11 is 1.68. The van der Waals surface area contributed by atoms with Crippen molar-refractivity contribution in [2.45, 2.75) is 12.3 Å². The van der Waals surface area contributed by atoms with E-state index in [0.29, 0.717) is 5.75 Å². The molecule has 4 aromatic rings. The summed E-state index contributed by atoms with van der Waals surface area (Å²) < 4.78 is 0. The molecule has 1 saturated heterocycles. The van der Waals surface area contributed by atoms with Crippen LogP contribution in [0.4, 0.5) is 5.69 Å². The number of fused-ring (bicyclic) bond motifs is 1. The van der Waals surface area contributed by atoms with Gasteiger partial charge in [-0.15, -0.1) is 11.8 Å². The van der Waals surface area contributed by atoms with Gasteiger partial charge in [-0.3, -0.25) is 9.69 Å². The second kappa shape index (κ2) is 6.84. The highest BCUT2D eigenvalue weighted by atomic mass is 32.2. The molecule has 1 fully saturated rings. The third-order valence-corrected chi connectivity index (χ3v) is 6.32. The van der Waals surface area contributed by atoms with Crippen LogP contribution in [0.3, 0.4) is 0 Å². The van der Waals surface area contributed by atoms with E-state index in [1.54, 1.807) is 11.8 Å². The number of carbonyl (C=O) groups excluding carboxylic acids is 1. The van der Waals surface area contributed by atoms with Gasteiger partial charge in [-0.2, -0.15) is 0 Å². The quantitative estimate of drug-likeness (QED) is 0.519. The fourth-order valence-corrected chi connectivity index (χ4v) is 5.01. The van der Waals surface area contributed by atoms with Gasteiger partial charge in [0.15, 0.2) is 0 Å². The van der Waals surface area contributed by atoms with Crippen LogP contribution in [0.1, 0.15) is 16.5 Å². The van der Waals surface area contributed by atoms with E-state index in [9.17, 15) is 4.79 Å². The number of carbonyl (C=O) groups is 1. The number of hydrogen-bond acceptors (Lipinski definition) is 3. The lowest BCUT2D eigenvalue weighted by Crippen LogP contribution is -2.28. The number of H-pyrrole nitrogens is 1. The maximum atomic E-state index is 12.9. The molecule has 1 aromatic heterocycles. The van der Waals surface area contributed by atoms with Gasteiger partial charge >= 0.3 is 0 Å². The zero-order chi connectivity index (χ0) is 19.1. The Labute approximate surface area is 167 Å². The van der Waals surface area contributed by atoms with Crippen LogP contribution in [-0.2, 0) is 4.79 Å². The summed E-state index contributed by atoms with van der Waals surface area (Å²) in [5.41, 5.74) is 6.12. The van der Waals surface area contributed by atoms with Crippen molar-refractivity contribution in [2.24, 2.45) is 0 Å². The Kier molecular flexibility index (Phi) is 4.17. The summed E-state index contributed by atoms with van der Waals surface area (Å²) in [6.07, 6.45) is 0. The Morgan fingerprint density at radius 2 is 1.75 bits per heavy atom. The Balaban J connectivity index is 1.64. The number of imidazole rings is 1. The number of thioether (sulfide) groups is 1. The normalized spacial score (nSPS) is 16.8. The molecule has 0 spiro atoms. The van der Waals surface area contributed by atoms with E-state index < -0.39 is 0 Å². The van der Waals surface area contributed by atoms with E-state index in [2.05, 4.69) is 24.0 Å². The van der Waals surface area contributed by atoms with E-state index >= 15 is 0 Å². The molecule has 3 aromatic carbocycles. The minimum atomic E-state index is -0.0285. The highest BCUT2D eigenvalue weighted by Crippen LogP contribution is 2.45. The number of aromatic amines is 1. The molecule has 0 aliphatic carbocycles. The molecular weight excluding hydrogens is 366 g/mol. The number of aryl methyl sites for hydroxylation is 1. The van der Waals surface area contributed by atoms with E-state index in [-0.39, 0.29) is 11.3 Å². The highest BCUT2D eigenvalue weighted by molar-refractivity contribution is 8.00. The fourth-order valence-electron chi connectivity index (χ4n) is 3.74. The van der Waals surface area contributed by atoms with Crippen LogP contribution in [0.5, 0.6) is 0 Å². The molecule has 1 N–H and O–H groups in total. The third kappa shape index (κ3) is 2.79. The summed E-state index contributed by atoms with van der Waals surface area (Å²) in [7, 11) is 0. The second-order valence-corrected chi connectivity index (χ2v) is 7.97. The van der Waals surface area contributed by atoms with E-state index in [4.69, 9.17) is 4.98 Å². The number of anilines is 1.